The zero-order valence-corrected chi connectivity index (χ0v) is 12.5. The molecule has 0 bridgehead atoms. The molecule has 0 saturated heterocycles. The third kappa shape index (κ3) is 3.24. The van der Waals surface area contributed by atoms with Gasteiger partial charge in [0.15, 0.2) is 0 Å². The van der Waals surface area contributed by atoms with Gasteiger partial charge in [-0.25, -0.2) is 4.79 Å². The molecule has 1 fully saturated rings. The number of ether oxygens (including phenoxy) is 2. The van der Waals surface area contributed by atoms with E-state index in [0.717, 1.165) is 19.3 Å². The SMILES string of the molecule is BC1CC(CCC)C(OC)C1OC(=O)c1ccccc1. The summed E-state index contributed by atoms with van der Waals surface area (Å²) in [6.45, 7) is 2.18. The van der Waals surface area contributed by atoms with Gasteiger partial charge in [0, 0.05) is 7.11 Å². The third-order valence-electron chi connectivity index (χ3n) is 4.21. The van der Waals surface area contributed by atoms with Crippen molar-refractivity contribution in [1.82, 2.24) is 0 Å². The summed E-state index contributed by atoms with van der Waals surface area (Å²) in [5.74, 6) is 0.597. The summed E-state index contributed by atoms with van der Waals surface area (Å²) in [5, 5.41) is 0. The molecular weight excluding hydrogens is 251 g/mol. The summed E-state index contributed by atoms with van der Waals surface area (Å²) >= 11 is 0. The quantitative estimate of drug-likeness (QED) is 0.611. The Kier molecular flexibility index (Phi) is 5.24. The molecule has 0 radical (unpaired) electrons. The molecule has 2 rings (SSSR count). The van der Waals surface area contributed by atoms with Gasteiger partial charge in [0.05, 0.1) is 11.7 Å². The summed E-state index contributed by atoms with van der Waals surface area (Å²) in [7, 11) is 3.86. The number of benzene rings is 1. The largest absolute Gasteiger partial charge is 0.456 e. The van der Waals surface area contributed by atoms with Crippen molar-refractivity contribution >= 4 is 13.8 Å². The molecule has 1 aromatic carbocycles. The van der Waals surface area contributed by atoms with Crippen molar-refractivity contribution in [2.24, 2.45) is 5.92 Å². The van der Waals surface area contributed by atoms with E-state index >= 15 is 0 Å². The molecule has 1 aromatic rings. The summed E-state index contributed by atoms with van der Waals surface area (Å²) in [6, 6.07) is 9.16. The third-order valence-corrected chi connectivity index (χ3v) is 4.21. The summed E-state index contributed by atoms with van der Waals surface area (Å²) in [5.41, 5.74) is 0.605. The molecule has 0 aromatic heterocycles. The topological polar surface area (TPSA) is 35.5 Å². The van der Waals surface area contributed by atoms with Crippen LogP contribution in [0.15, 0.2) is 30.3 Å². The van der Waals surface area contributed by atoms with Crippen molar-refractivity contribution in [2.75, 3.05) is 7.11 Å². The van der Waals surface area contributed by atoms with E-state index in [4.69, 9.17) is 9.47 Å². The zero-order valence-electron chi connectivity index (χ0n) is 12.5. The van der Waals surface area contributed by atoms with E-state index < -0.39 is 0 Å². The van der Waals surface area contributed by atoms with Gasteiger partial charge in [-0.2, -0.15) is 0 Å². The van der Waals surface area contributed by atoms with Gasteiger partial charge >= 0.3 is 5.97 Å². The maximum absolute atomic E-state index is 12.2. The van der Waals surface area contributed by atoms with Crippen LogP contribution in [-0.2, 0) is 9.47 Å². The van der Waals surface area contributed by atoms with Crippen LogP contribution in [0, 0.1) is 5.92 Å². The second kappa shape index (κ2) is 6.93. The van der Waals surface area contributed by atoms with Gasteiger partial charge in [-0.1, -0.05) is 31.5 Å². The van der Waals surface area contributed by atoms with Crippen molar-refractivity contribution in [3.05, 3.63) is 35.9 Å². The molecule has 20 heavy (non-hydrogen) atoms. The predicted molar refractivity (Wildman–Crippen MR) is 81.8 cm³/mol. The molecule has 4 unspecified atom stereocenters. The highest BCUT2D eigenvalue weighted by Crippen LogP contribution is 2.40. The van der Waals surface area contributed by atoms with Crippen molar-refractivity contribution in [1.29, 1.82) is 0 Å². The standard InChI is InChI=1S/C16H23BO3/c1-3-7-12-10-13(17)15(14(12)19-2)20-16(18)11-8-5-4-6-9-11/h4-6,8-9,12-15H,3,7,10,17H2,1-2H3. The Labute approximate surface area is 122 Å². The first kappa shape index (κ1) is 15.1. The Morgan fingerprint density at radius 1 is 1.30 bits per heavy atom. The highest BCUT2D eigenvalue weighted by molar-refractivity contribution is 6.12. The van der Waals surface area contributed by atoms with Crippen LogP contribution < -0.4 is 0 Å². The van der Waals surface area contributed by atoms with Gasteiger partial charge in [-0.05, 0) is 36.7 Å². The van der Waals surface area contributed by atoms with Gasteiger partial charge in [0.1, 0.15) is 14.0 Å². The molecule has 0 spiro atoms. The zero-order chi connectivity index (χ0) is 14.5. The molecule has 4 atom stereocenters. The normalized spacial score (nSPS) is 29.3. The summed E-state index contributed by atoms with van der Waals surface area (Å²) in [4.78, 5) is 12.2. The fourth-order valence-electron chi connectivity index (χ4n) is 3.27. The van der Waals surface area contributed by atoms with E-state index in [1.54, 1.807) is 19.2 Å². The predicted octanol–water partition coefficient (Wildman–Crippen LogP) is 2.47. The summed E-state index contributed by atoms with van der Waals surface area (Å²) in [6.07, 6.45) is 3.22. The molecule has 1 aliphatic rings. The van der Waals surface area contributed by atoms with Gasteiger partial charge in [0.2, 0.25) is 0 Å². The number of hydrogen-bond acceptors (Lipinski definition) is 3. The van der Waals surface area contributed by atoms with Crippen molar-refractivity contribution in [3.8, 4) is 0 Å². The van der Waals surface area contributed by atoms with Crippen molar-refractivity contribution in [2.45, 2.75) is 44.2 Å². The molecule has 0 aliphatic heterocycles. The van der Waals surface area contributed by atoms with E-state index in [2.05, 4.69) is 14.8 Å². The van der Waals surface area contributed by atoms with E-state index in [-0.39, 0.29) is 18.2 Å². The number of carbonyl (C=O) groups is 1. The van der Waals surface area contributed by atoms with Gasteiger partial charge in [-0.15, -0.1) is 0 Å². The van der Waals surface area contributed by atoms with Crippen molar-refractivity contribution < 1.29 is 14.3 Å². The van der Waals surface area contributed by atoms with Crippen LogP contribution in [0.4, 0.5) is 0 Å². The van der Waals surface area contributed by atoms with E-state index in [9.17, 15) is 4.79 Å². The minimum Gasteiger partial charge on any atom is -0.456 e. The fourth-order valence-corrected chi connectivity index (χ4v) is 3.27. The Balaban J connectivity index is 2.05. The highest BCUT2D eigenvalue weighted by Gasteiger charge is 2.43. The average molecular weight is 274 g/mol. The summed E-state index contributed by atoms with van der Waals surface area (Å²) < 4.78 is 11.3. The number of rotatable bonds is 5. The molecule has 0 heterocycles. The molecule has 3 nitrogen and oxygen atoms in total. The van der Waals surface area contributed by atoms with Crippen LogP contribution in [0.1, 0.15) is 36.5 Å². The molecule has 0 amide bonds. The molecule has 1 aliphatic carbocycles. The van der Waals surface area contributed by atoms with E-state index in [1.807, 2.05) is 18.2 Å². The first-order valence-electron chi connectivity index (χ1n) is 7.46. The Morgan fingerprint density at radius 3 is 2.60 bits per heavy atom. The second-order valence-electron chi connectivity index (χ2n) is 5.70. The number of methoxy groups -OCH3 is 1. The number of hydrogen-bond donors (Lipinski definition) is 0. The van der Waals surface area contributed by atoms with Crippen LogP contribution in [0.5, 0.6) is 0 Å². The average Bonchev–Trinajstić information content (AvgIpc) is 2.76. The smallest absolute Gasteiger partial charge is 0.338 e. The molecule has 1 saturated carbocycles. The van der Waals surface area contributed by atoms with Gasteiger partial charge in [-0.3, -0.25) is 0 Å². The molecule has 4 heteroatoms. The second-order valence-corrected chi connectivity index (χ2v) is 5.70. The lowest BCUT2D eigenvalue weighted by molar-refractivity contribution is -0.0353. The van der Waals surface area contributed by atoms with Crippen LogP contribution in [-0.4, -0.2) is 33.1 Å². The number of carbonyl (C=O) groups excluding carboxylic acids is 1. The van der Waals surface area contributed by atoms with E-state index in [1.165, 1.54) is 0 Å². The lowest BCUT2D eigenvalue weighted by Gasteiger charge is -2.25. The monoisotopic (exact) mass is 274 g/mol. The van der Waals surface area contributed by atoms with Crippen LogP contribution in [0.25, 0.3) is 0 Å². The van der Waals surface area contributed by atoms with Gasteiger partial charge in [0.25, 0.3) is 0 Å². The first-order chi connectivity index (χ1) is 9.67. The van der Waals surface area contributed by atoms with Crippen LogP contribution in [0.2, 0.25) is 5.82 Å². The maximum atomic E-state index is 12.2. The fraction of sp³-hybridized carbons (Fsp3) is 0.562. The highest BCUT2D eigenvalue weighted by atomic mass is 16.6. The number of esters is 1. The Hall–Kier alpha value is -1.29. The van der Waals surface area contributed by atoms with Gasteiger partial charge < -0.3 is 9.47 Å². The maximum Gasteiger partial charge on any atom is 0.338 e. The Bertz CT molecular complexity index is 435. The minimum atomic E-state index is -0.248. The first-order valence-corrected chi connectivity index (χ1v) is 7.46. The lowest BCUT2D eigenvalue weighted by atomic mass is 9.83. The van der Waals surface area contributed by atoms with Crippen LogP contribution in [0.3, 0.4) is 0 Å². The minimum absolute atomic E-state index is 0.0256. The Morgan fingerprint density at radius 2 is 2.00 bits per heavy atom. The van der Waals surface area contributed by atoms with E-state index in [0.29, 0.717) is 17.3 Å². The lowest BCUT2D eigenvalue weighted by Crippen LogP contribution is -2.33. The van der Waals surface area contributed by atoms with Crippen molar-refractivity contribution in [3.63, 3.8) is 0 Å². The molecular formula is C16H23BO3. The molecule has 0 N–H and O–H groups in total. The van der Waals surface area contributed by atoms with Crippen LogP contribution >= 0.6 is 0 Å². The molecule has 108 valence electrons.